The number of pyridine rings is 1. The molecule has 3 heterocycles. The van der Waals surface area contributed by atoms with Gasteiger partial charge in [0.1, 0.15) is 12.2 Å². The van der Waals surface area contributed by atoms with E-state index in [9.17, 15) is 4.79 Å². The maximum atomic E-state index is 12.4. The van der Waals surface area contributed by atoms with E-state index in [2.05, 4.69) is 31.2 Å². The molecule has 8 heteroatoms. The van der Waals surface area contributed by atoms with Crippen molar-refractivity contribution in [2.75, 3.05) is 18.0 Å². The van der Waals surface area contributed by atoms with Gasteiger partial charge >= 0.3 is 6.09 Å². The van der Waals surface area contributed by atoms with Crippen LogP contribution in [0.5, 0.6) is 5.88 Å². The normalized spacial score (nSPS) is 15.8. The van der Waals surface area contributed by atoms with Crippen LogP contribution in [0.15, 0.2) is 73.1 Å². The molecule has 0 aliphatic carbocycles. The lowest BCUT2D eigenvalue weighted by atomic mass is 10.0. The molecule has 8 nitrogen and oxygen atoms in total. The van der Waals surface area contributed by atoms with Crippen molar-refractivity contribution < 1.29 is 14.3 Å². The lowest BCUT2D eigenvalue weighted by molar-refractivity contribution is 0.0500. The van der Waals surface area contributed by atoms with Crippen LogP contribution < -0.4 is 15.0 Å². The molecule has 0 spiro atoms. The van der Waals surface area contributed by atoms with E-state index >= 15 is 0 Å². The van der Waals surface area contributed by atoms with Crippen molar-refractivity contribution in [3.05, 3.63) is 78.6 Å². The number of nitrogens with zero attached hydrogens (tertiary/aromatic N) is 4. The molecule has 1 aliphatic rings. The maximum absolute atomic E-state index is 12.4. The van der Waals surface area contributed by atoms with Crippen LogP contribution in [0.3, 0.4) is 0 Å². The minimum absolute atomic E-state index is 0.00627. The van der Waals surface area contributed by atoms with Gasteiger partial charge in [-0.25, -0.2) is 9.78 Å². The molecule has 2 aromatic heterocycles. The Morgan fingerprint density at radius 1 is 1.05 bits per heavy atom. The highest BCUT2D eigenvalue weighted by Gasteiger charge is 2.25. The second kappa shape index (κ2) is 11.0. The summed E-state index contributed by atoms with van der Waals surface area (Å²) in [6.07, 6.45) is 5.05. The van der Waals surface area contributed by atoms with Crippen molar-refractivity contribution in [2.45, 2.75) is 51.9 Å². The Kier molecular flexibility index (Phi) is 7.40. The molecule has 1 atom stereocenters. The third-order valence-electron chi connectivity index (χ3n) is 6.32. The maximum Gasteiger partial charge on any atom is 0.407 e. The Labute approximate surface area is 223 Å². The number of carbonyl (C=O) groups is 1. The molecule has 1 saturated heterocycles. The number of rotatable bonds is 6. The van der Waals surface area contributed by atoms with Crippen LogP contribution in [0, 0.1) is 0 Å². The molecular formula is C30H33N5O3. The summed E-state index contributed by atoms with van der Waals surface area (Å²) < 4.78 is 11.4. The van der Waals surface area contributed by atoms with Gasteiger partial charge in [-0.05, 0) is 63.4 Å². The summed E-state index contributed by atoms with van der Waals surface area (Å²) in [6.45, 7) is 7.65. The second-order valence-corrected chi connectivity index (χ2v) is 10.5. The molecule has 38 heavy (non-hydrogen) atoms. The zero-order valence-electron chi connectivity index (χ0n) is 22.1. The van der Waals surface area contributed by atoms with Crippen molar-refractivity contribution in [3.63, 3.8) is 0 Å². The summed E-state index contributed by atoms with van der Waals surface area (Å²) in [5.74, 6) is 1.12. The topological polar surface area (TPSA) is 89.5 Å². The summed E-state index contributed by atoms with van der Waals surface area (Å²) in [4.78, 5) is 28.4. The Bertz CT molecular complexity index is 1400. The molecule has 0 saturated carbocycles. The van der Waals surface area contributed by atoms with E-state index in [0.717, 1.165) is 47.1 Å². The molecule has 2 aromatic carbocycles. The minimum Gasteiger partial charge on any atom is -0.473 e. The summed E-state index contributed by atoms with van der Waals surface area (Å²) in [7, 11) is 0. The average Bonchev–Trinajstić information content (AvgIpc) is 2.91. The first-order valence-electron chi connectivity index (χ1n) is 13.0. The SMILES string of the molecule is CC(C)(C)OC(=O)NC1CCCN(c2ccnc3ccc(-c4nccc(OCc5ccccc5)n4)cc23)C1. The van der Waals surface area contributed by atoms with Crippen LogP contribution in [0.4, 0.5) is 10.5 Å². The van der Waals surface area contributed by atoms with Crippen LogP contribution in [-0.2, 0) is 11.3 Å². The van der Waals surface area contributed by atoms with Crippen LogP contribution in [0.1, 0.15) is 39.2 Å². The molecule has 0 radical (unpaired) electrons. The van der Waals surface area contributed by atoms with E-state index < -0.39 is 5.60 Å². The number of amides is 1. The van der Waals surface area contributed by atoms with Crippen molar-refractivity contribution in [2.24, 2.45) is 0 Å². The standard InChI is InChI=1S/C30H33N5O3/c1-30(2,3)38-29(36)33-23-10-7-17-35(19-23)26-13-15-31-25-12-11-22(18-24(25)26)28-32-16-14-27(34-28)37-20-21-8-5-4-6-9-21/h4-6,8-9,11-16,18,23H,7,10,17,19-20H2,1-3H3,(H,33,36). The van der Waals surface area contributed by atoms with Crippen LogP contribution >= 0.6 is 0 Å². The van der Waals surface area contributed by atoms with Gasteiger partial charge in [0.15, 0.2) is 5.82 Å². The molecule has 1 unspecified atom stereocenters. The number of benzene rings is 2. The van der Waals surface area contributed by atoms with E-state index in [-0.39, 0.29) is 12.1 Å². The van der Waals surface area contributed by atoms with Gasteiger partial charge in [0.2, 0.25) is 5.88 Å². The number of nitrogens with one attached hydrogen (secondary N) is 1. The molecule has 1 aliphatic heterocycles. The van der Waals surface area contributed by atoms with Gasteiger partial charge in [0, 0.05) is 54.2 Å². The number of hydrogen-bond donors (Lipinski definition) is 1. The van der Waals surface area contributed by atoms with Crippen LogP contribution in [0.2, 0.25) is 0 Å². The first-order valence-corrected chi connectivity index (χ1v) is 13.0. The zero-order valence-corrected chi connectivity index (χ0v) is 22.1. The number of anilines is 1. The number of carbonyl (C=O) groups excluding carboxylic acids is 1. The monoisotopic (exact) mass is 511 g/mol. The average molecular weight is 512 g/mol. The van der Waals surface area contributed by atoms with E-state index in [4.69, 9.17) is 9.47 Å². The Balaban J connectivity index is 1.35. The molecule has 196 valence electrons. The van der Waals surface area contributed by atoms with Gasteiger partial charge < -0.3 is 19.7 Å². The van der Waals surface area contributed by atoms with E-state index in [0.29, 0.717) is 24.9 Å². The largest absolute Gasteiger partial charge is 0.473 e. The van der Waals surface area contributed by atoms with Crippen LogP contribution in [-0.4, -0.2) is 45.8 Å². The highest BCUT2D eigenvalue weighted by molar-refractivity contribution is 5.94. The van der Waals surface area contributed by atoms with Gasteiger partial charge in [0.25, 0.3) is 0 Å². The summed E-state index contributed by atoms with van der Waals surface area (Å²) in [5, 5.41) is 4.05. The van der Waals surface area contributed by atoms with Gasteiger partial charge in [-0.3, -0.25) is 4.98 Å². The van der Waals surface area contributed by atoms with E-state index in [1.165, 1.54) is 0 Å². The number of fused-ring (bicyclic) bond motifs is 1. The molecule has 4 aromatic rings. The van der Waals surface area contributed by atoms with Gasteiger partial charge in [-0.15, -0.1) is 0 Å². The Hall–Kier alpha value is -4.20. The van der Waals surface area contributed by atoms with Crippen molar-refractivity contribution >= 4 is 22.7 Å². The fraction of sp³-hybridized carbons (Fsp3) is 0.333. The fourth-order valence-corrected chi connectivity index (χ4v) is 4.63. The van der Waals surface area contributed by atoms with Gasteiger partial charge in [0.05, 0.1) is 5.52 Å². The second-order valence-electron chi connectivity index (χ2n) is 10.5. The zero-order chi connectivity index (χ0) is 26.5. The fourth-order valence-electron chi connectivity index (χ4n) is 4.63. The highest BCUT2D eigenvalue weighted by Crippen LogP contribution is 2.31. The van der Waals surface area contributed by atoms with Gasteiger partial charge in [-0.2, -0.15) is 4.98 Å². The minimum atomic E-state index is -0.526. The quantitative estimate of drug-likeness (QED) is 0.352. The summed E-state index contributed by atoms with van der Waals surface area (Å²) >= 11 is 0. The smallest absolute Gasteiger partial charge is 0.407 e. The van der Waals surface area contributed by atoms with Crippen molar-refractivity contribution in [1.82, 2.24) is 20.3 Å². The number of aromatic nitrogens is 3. The molecule has 1 amide bonds. The van der Waals surface area contributed by atoms with E-state index in [1.54, 1.807) is 12.3 Å². The van der Waals surface area contributed by atoms with Crippen molar-refractivity contribution in [3.8, 4) is 17.3 Å². The Morgan fingerprint density at radius 2 is 1.87 bits per heavy atom. The first kappa shape index (κ1) is 25.4. The number of piperidine rings is 1. The van der Waals surface area contributed by atoms with Crippen molar-refractivity contribution in [1.29, 1.82) is 0 Å². The predicted molar refractivity (Wildman–Crippen MR) is 148 cm³/mol. The molecule has 1 N–H and O–H groups in total. The van der Waals surface area contributed by atoms with Gasteiger partial charge in [-0.1, -0.05) is 30.3 Å². The highest BCUT2D eigenvalue weighted by atomic mass is 16.6. The number of ether oxygens (including phenoxy) is 2. The lowest BCUT2D eigenvalue weighted by Gasteiger charge is -2.35. The molecular weight excluding hydrogens is 478 g/mol. The molecule has 0 bridgehead atoms. The lowest BCUT2D eigenvalue weighted by Crippen LogP contribution is -2.49. The Morgan fingerprint density at radius 3 is 2.68 bits per heavy atom. The van der Waals surface area contributed by atoms with E-state index in [1.807, 2.05) is 75.5 Å². The molecule has 1 fully saturated rings. The number of alkyl carbamates (subject to hydrolysis) is 1. The summed E-state index contributed by atoms with van der Waals surface area (Å²) in [6, 6.07) is 19.9. The first-order chi connectivity index (χ1) is 18.3. The number of hydrogen-bond acceptors (Lipinski definition) is 7. The third kappa shape index (κ3) is 6.37. The summed E-state index contributed by atoms with van der Waals surface area (Å²) in [5.41, 5.74) is 3.41. The van der Waals surface area contributed by atoms with Crippen LogP contribution in [0.25, 0.3) is 22.3 Å². The third-order valence-corrected chi connectivity index (χ3v) is 6.32. The molecule has 5 rings (SSSR count). The predicted octanol–water partition coefficient (Wildman–Crippen LogP) is 5.76.